The Kier molecular flexibility index (Phi) is 11.8. The van der Waals surface area contributed by atoms with Gasteiger partial charge < -0.3 is 20.3 Å². The standard InChI is InChI=1S/C34H51NO5/c1-10-22(4)31(32(38)39)35-30(37)21-40-28-17-15-26(20-24(28)6)34(11-2,12-3)27-16-13-25(19-23(27)5)14-18-29(36)33(7,8)9/h13,15-17,19-20,22,29,31,36H,10-12,14,18,21H2,1-9H3,(H,35,37)(H,38,39)/t22-,29?,31-/m0/s1. The van der Waals surface area contributed by atoms with Gasteiger partial charge >= 0.3 is 5.97 Å². The van der Waals surface area contributed by atoms with Gasteiger partial charge in [-0.15, -0.1) is 0 Å². The number of carbonyl (C=O) groups is 2. The van der Waals surface area contributed by atoms with Crippen LogP contribution in [0.2, 0.25) is 0 Å². The molecule has 40 heavy (non-hydrogen) atoms. The van der Waals surface area contributed by atoms with Gasteiger partial charge in [-0.2, -0.15) is 0 Å². The Morgan fingerprint density at radius 1 is 0.975 bits per heavy atom. The highest BCUT2D eigenvalue weighted by Gasteiger charge is 2.33. The van der Waals surface area contributed by atoms with Gasteiger partial charge in [0.05, 0.1) is 6.10 Å². The molecule has 3 N–H and O–H groups in total. The summed E-state index contributed by atoms with van der Waals surface area (Å²) in [5, 5.41) is 22.5. The van der Waals surface area contributed by atoms with E-state index in [0.29, 0.717) is 12.2 Å². The number of aryl methyl sites for hydroxylation is 3. The molecule has 2 aromatic rings. The fourth-order valence-electron chi connectivity index (χ4n) is 5.50. The third-order valence-electron chi connectivity index (χ3n) is 8.60. The van der Waals surface area contributed by atoms with E-state index in [0.717, 1.165) is 31.2 Å². The lowest BCUT2D eigenvalue weighted by atomic mass is 9.68. The number of carbonyl (C=O) groups excluding carboxylic acids is 1. The van der Waals surface area contributed by atoms with Gasteiger partial charge in [-0.25, -0.2) is 4.79 Å². The summed E-state index contributed by atoms with van der Waals surface area (Å²) < 4.78 is 5.82. The van der Waals surface area contributed by atoms with Gasteiger partial charge in [0, 0.05) is 5.41 Å². The van der Waals surface area contributed by atoms with Crippen molar-refractivity contribution in [3.63, 3.8) is 0 Å². The summed E-state index contributed by atoms with van der Waals surface area (Å²) in [5.41, 5.74) is 5.62. The number of rotatable bonds is 14. The fraction of sp³-hybridized carbons (Fsp3) is 0.588. The zero-order valence-corrected chi connectivity index (χ0v) is 26.1. The smallest absolute Gasteiger partial charge is 0.326 e. The zero-order valence-electron chi connectivity index (χ0n) is 26.1. The Balaban J connectivity index is 2.23. The summed E-state index contributed by atoms with van der Waals surface area (Å²) in [6.45, 7) is 18.3. The van der Waals surface area contributed by atoms with E-state index < -0.39 is 17.9 Å². The lowest BCUT2D eigenvalue weighted by Gasteiger charge is -2.35. The van der Waals surface area contributed by atoms with E-state index in [1.54, 1.807) is 0 Å². The van der Waals surface area contributed by atoms with Crippen molar-refractivity contribution in [2.45, 2.75) is 112 Å². The summed E-state index contributed by atoms with van der Waals surface area (Å²) in [6, 6.07) is 11.9. The number of hydrogen-bond acceptors (Lipinski definition) is 4. The monoisotopic (exact) mass is 553 g/mol. The van der Waals surface area contributed by atoms with Crippen molar-refractivity contribution in [3.8, 4) is 5.75 Å². The summed E-state index contributed by atoms with van der Waals surface area (Å²) in [4.78, 5) is 24.0. The Morgan fingerprint density at radius 3 is 2.12 bits per heavy atom. The van der Waals surface area contributed by atoms with Crippen LogP contribution < -0.4 is 10.1 Å². The molecular formula is C34H51NO5. The minimum atomic E-state index is -1.04. The van der Waals surface area contributed by atoms with Gasteiger partial charge in [0.25, 0.3) is 5.91 Å². The molecule has 0 saturated heterocycles. The van der Waals surface area contributed by atoms with Crippen LogP contribution in [0.25, 0.3) is 0 Å². The van der Waals surface area contributed by atoms with Gasteiger partial charge in [0.15, 0.2) is 6.61 Å². The van der Waals surface area contributed by atoms with Crippen LogP contribution in [0.5, 0.6) is 5.75 Å². The number of carboxylic acids is 1. The molecule has 1 amide bonds. The predicted octanol–water partition coefficient (Wildman–Crippen LogP) is 6.74. The van der Waals surface area contributed by atoms with Gasteiger partial charge in [-0.05, 0) is 84.7 Å². The number of hydrogen-bond donors (Lipinski definition) is 3. The van der Waals surface area contributed by atoms with Crippen molar-refractivity contribution >= 4 is 11.9 Å². The molecule has 1 unspecified atom stereocenters. The van der Waals surface area contributed by atoms with E-state index in [-0.39, 0.29) is 29.5 Å². The van der Waals surface area contributed by atoms with Crippen molar-refractivity contribution in [1.82, 2.24) is 5.32 Å². The van der Waals surface area contributed by atoms with Crippen LogP contribution in [0.3, 0.4) is 0 Å². The normalized spacial score (nSPS) is 14.3. The highest BCUT2D eigenvalue weighted by molar-refractivity contribution is 5.84. The molecule has 0 spiro atoms. The van der Waals surface area contributed by atoms with Crippen LogP contribution in [0.15, 0.2) is 36.4 Å². The van der Waals surface area contributed by atoms with Crippen LogP contribution in [-0.2, 0) is 21.4 Å². The first-order chi connectivity index (χ1) is 18.7. The maximum Gasteiger partial charge on any atom is 0.326 e. The molecule has 3 atom stereocenters. The molecule has 0 aliphatic rings. The highest BCUT2D eigenvalue weighted by atomic mass is 16.5. The van der Waals surface area contributed by atoms with E-state index in [9.17, 15) is 19.8 Å². The molecule has 222 valence electrons. The molecule has 0 aliphatic carbocycles. The topological polar surface area (TPSA) is 95.9 Å². The van der Waals surface area contributed by atoms with E-state index in [1.165, 1.54) is 22.3 Å². The number of benzene rings is 2. The number of nitrogens with one attached hydrogen (secondary N) is 1. The van der Waals surface area contributed by atoms with Gasteiger partial charge in [0.2, 0.25) is 0 Å². The summed E-state index contributed by atoms with van der Waals surface area (Å²) in [5.74, 6) is -1.05. The average molecular weight is 554 g/mol. The maximum absolute atomic E-state index is 12.5. The minimum absolute atomic E-state index is 0.124. The molecule has 0 fully saturated rings. The van der Waals surface area contributed by atoms with Gasteiger partial charge in [-0.3, -0.25) is 4.79 Å². The number of ether oxygens (including phenoxy) is 1. The van der Waals surface area contributed by atoms with E-state index in [1.807, 2.05) is 26.8 Å². The van der Waals surface area contributed by atoms with Crippen LogP contribution in [-0.4, -0.2) is 40.8 Å². The van der Waals surface area contributed by atoms with E-state index in [2.05, 4.69) is 77.2 Å². The molecule has 2 aromatic carbocycles. The molecule has 0 radical (unpaired) electrons. The Bertz CT molecular complexity index is 1150. The number of amides is 1. The molecule has 2 rings (SSSR count). The molecule has 0 saturated carbocycles. The zero-order chi connectivity index (χ0) is 30.3. The predicted molar refractivity (Wildman–Crippen MR) is 162 cm³/mol. The van der Waals surface area contributed by atoms with Crippen molar-refractivity contribution in [1.29, 1.82) is 0 Å². The van der Waals surface area contributed by atoms with Crippen molar-refractivity contribution in [2.75, 3.05) is 6.61 Å². The van der Waals surface area contributed by atoms with Crippen molar-refractivity contribution < 1.29 is 24.5 Å². The van der Waals surface area contributed by atoms with Crippen molar-refractivity contribution in [3.05, 3.63) is 64.2 Å². The van der Waals surface area contributed by atoms with Gasteiger partial charge in [0.1, 0.15) is 11.8 Å². The minimum Gasteiger partial charge on any atom is -0.484 e. The number of carboxylic acid groups (broad SMARTS) is 1. The molecule has 0 aromatic heterocycles. The molecule has 6 nitrogen and oxygen atoms in total. The number of aliphatic hydroxyl groups excluding tert-OH is 1. The van der Waals surface area contributed by atoms with E-state index in [4.69, 9.17) is 4.74 Å². The van der Waals surface area contributed by atoms with Crippen LogP contribution in [0.1, 0.15) is 102 Å². The first-order valence-electron chi connectivity index (χ1n) is 14.7. The van der Waals surface area contributed by atoms with Crippen LogP contribution in [0.4, 0.5) is 0 Å². The molecule has 0 bridgehead atoms. The lowest BCUT2D eigenvalue weighted by molar-refractivity contribution is -0.143. The number of aliphatic carboxylic acids is 1. The Labute approximate surface area is 241 Å². The first kappa shape index (κ1) is 33.3. The Morgan fingerprint density at radius 2 is 1.62 bits per heavy atom. The van der Waals surface area contributed by atoms with Crippen molar-refractivity contribution in [2.24, 2.45) is 11.3 Å². The van der Waals surface area contributed by atoms with Gasteiger partial charge in [-0.1, -0.05) is 85.2 Å². The lowest BCUT2D eigenvalue weighted by Crippen LogP contribution is -2.46. The Hall–Kier alpha value is -2.86. The summed E-state index contributed by atoms with van der Waals surface area (Å²) in [7, 11) is 0. The largest absolute Gasteiger partial charge is 0.484 e. The highest BCUT2D eigenvalue weighted by Crippen LogP contribution is 2.42. The second kappa shape index (κ2) is 14.2. The maximum atomic E-state index is 12.5. The van der Waals surface area contributed by atoms with Crippen LogP contribution in [0, 0.1) is 25.2 Å². The van der Waals surface area contributed by atoms with E-state index >= 15 is 0 Å². The molecule has 6 heteroatoms. The molecule has 0 aliphatic heterocycles. The summed E-state index contributed by atoms with van der Waals surface area (Å²) >= 11 is 0. The second-order valence-electron chi connectivity index (χ2n) is 12.4. The second-order valence-corrected chi connectivity index (χ2v) is 12.4. The summed E-state index contributed by atoms with van der Waals surface area (Å²) in [6.07, 6.45) is 3.75. The SMILES string of the molecule is CC[C@H](C)[C@H](NC(=O)COc1ccc(C(CC)(CC)c2ccc(CCC(O)C(C)(C)C)cc2C)cc1C)C(=O)O. The third-order valence-corrected chi connectivity index (χ3v) is 8.60. The number of aliphatic hydroxyl groups is 1. The average Bonchev–Trinajstić information content (AvgIpc) is 2.90. The third kappa shape index (κ3) is 8.09. The quantitative estimate of drug-likeness (QED) is 0.241. The fourth-order valence-corrected chi connectivity index (χ4v) is 5.50. The van der Waals surface area contributed by atoms with Crippen LogP contribution >= 0.6 is 0 Å². The molecule has 0 heterocycles. The molecular weight excluding hydrogens is 502 g/mol. The first-order valence-corrected chi connectivity index (χ1v) is 14.7.